The largest absolute Gasteiger partial charge is 0.486 e. The zero-order chi connectivity index (χ0) is 16.2. The first kappa shape index (κ1) is 15.5. The standard InChI is InChI=1S/C16H16N2O4S/c1-18-6-2-3-12(18)16(20)17-15(19)10-23-11-4-5-13-14(9-11)22-8-7-21-13/h2-6,9H,7-8,10H2,1H3,(H,17,19,20). The van der Waals surface area contributed by atoms with Crippen molar-refractivity contribution in [3.05, 3.63) is 42.2 Å². The van der Waals surface area contributed by atoms with Gasteiger partial charge >= 0.3 is 0 Å². The lowest BCUT2D eigenvalue weighted by Crippen LogP contribution is -2.32. The quantitative estimate of drug-likeness (QED) is 0.865. The normalized spacial score (nSPS) is 12.7. The van der Waals surface area contributed by atoms with Gasteiger partial charge in [0, 0.05) is 18.1 Å². The van der Waals surface area contributed by atoms with Gasteiger partial charge in [0.05, 0.1) is 5.75 Å². The van der Waals surface area contributed by atoms with Gasteiger partial charge in [0.25, 0.3) is 5.91 Å². The zero-order valence-corrected chi connectivity index (χ0v) is 13.4. The number of benzene rings is 1. The number of hydrogen-bond acceptors (Lipinski definition) is 5. The Hall–Kier alpha value is -2.41. The van der Waals surface area contributed by atoms with E-state index < -0.39 is 5.91 Å². The zero-order valence-electron chi connectivity index (χ0n) is 12.6. The molecule has 0 spiro atoms. The van der Waals surface area contributed by atoms with Crippen LogP contribution in [0.15, 0.2) is 41.4 Å². The average molecular weight is 332 g/mol. The number of fused-ring (bicyclic) bond motifs is 1. The number of rotatable bonds is 4. The van der Waals surface area contributed by atoms with Gasteiger partial charge in [0.2, 0.25) is 5.91 Å². The number of nitrogens with one attached hydrogen (secondary N) is 1. The summed E-state index contributed by atoms with van der Waals surface area (Å²) in [5.74, 6) is 0.808. The van der Waals surface area contributed by atoms with Gasteiger partial charge in [-0.1, -0.05) is 0 Å². The fourth-order valence-corrected chi connectivity index (χ4v) is 2.91. The molecule has 0 saturated carbocycles. The van der Waals surface area contributed by atoms with Gasteiger partial charge in [-0.2, -0.15) is 0 Å². The molecule has 23 heavy (non-hydrogen) atoms. The number of imide groups is 1. The topological polar surface area (TPSA) is 69.6 Å². The molecular formula is C16H16N2O4S. The van der Waals surface area contributed by atoms with E-state index >= 15 is 0 Å². The van der Waals surface area contributed by atoms with Gasteiger partial charge in [0.1, 0.15) is 18.9 Å². The van der Waals surface area contributed by atoms with Crippen LogP contribution in [0.5, 0.6) is 11.5 Å². The van der Waals surface area contributed by atoms with Crippen molar-refractivity contribution in [1.29, 1.82) is 0 Å². The first-order chi connectivity index (χ1) is 11.1. The Morgan fingerprint density at radius 1 is 1.22 bits per heavy atom. The molecule has 120 valence electrons. The maximum absolute atomic E-state index is 11.9. The highest BCUT2D eigenvalue weighted by molar-refractivity contribution is 8.00. The SMILES string of the molecule is Cn1cccc1C(=O)NC(=O)CSc1ccc2c(c1)OCCO2. The predicted octanol–water partition coefficient (Wildman–Crippen LogP) is 1.84. The Bertz CT molecular complexity index is 741. The number of amides is 2. The molecule has 0 fully saturated rings. The van der Waals surface area contributed by atoms with Crippen molar-refractivity contribution in [2.75, 3.05) is 19.0 Å². The van der Waals surface area contributed by atoms with Crippen molar-refractivity contribution >= 4 is 23.6 Å². The number of aromatic nitrogens is 1. The molecular weight excluding hydrogens is 316 g/mol. The number of ether oxygens (including phenoxy) is 2. The Balaban J connectivity index is 1.55. The number of thioether (sulfide) groups is 1. The van der Waals surface area contributed by atoms with E-state index in [1.165, 1.54) is 11.8 Å². The van der Waals surface area contributed by atoms with Gasteiger partial charge in [-0.25, -0.2) is 0 Å². The van der Waals surface area contributed by atoms with E-state index in [9.17, 15) is 9.59 Å². The van der Waals surface area contributed by atoms with Crippen LogP contribution >= 0.6 is 11.8 Å². The number of aryl methyl sites for hydroxylation is 1. The van der Waals surface area contributed by atoms with Gasteiger partial charge in [-0.3, -0.25) is 14.9 Å². The fraction of sp³-hybridized carbons (Fsp3) is 0.250. The molecule has 2 amide bonds. The summed E-state index contributed by atoms with van der Waals surface area (Å²) in [4.78, 5) is 24.7. The molecule has 2 aromatic rings. The van der Waals surface area contributed by atoms with Gasteiger partial charge in [-0.15, -0.1) is 11.8 Å². The van der Waals surface area contributed by atoms with E-state index in [0.29, 0.717) is 30.4 Å². The number of nitrogens with zero attached hydrogens (tertiary/aromatic N) is 1. The van der Waals surface area contributed by atoms with Crippen LogP contribution < -0.4 is 14.8 Å². The van der Waals surface area contributed by atoms with Crippen molar-refractivity contribution in [1.82, 2.24) is 9.88 Å². The second-order valence-corrected chi connectivity index (χ2v) is 6.02. The second-order valence-electron chi connectivity index (χ2n) is 4.98. The third-order valence-electron chi connectivity index (χ3n) is 3.31. The molecule has 0 unspecified atom stereocenters. The minimum absolute atomic E-state index is 0.149. The van der Waals surface area contributed by atoms with Crippen molar-refractivity contribution in [2.45, 2.75) is 4.90 Å². The third-order valence-corrected chi connectivity index (χ3v) is 4.31. The number of carbonyl (C=O) groups excluding carboxylic acids is 2. The van der Waals surface area contributed by atoms with E-state index in [1.807, 2.05) is 18.2 Å². The molecule has 3 rings (SSSR count). The summed E-state index contributed by atoms with van der Waals surface area (Å²) in [6, 6.07) is 8.94. The predicted molar refractivity (Wildman–Crippen MR) is 86.0 cm³/mol. The second kappa shape index (κ2) is 6.78. The molecule has 1 aliphatic rings. The Kier molecular flexibility index (Phi) is 4.57. The molecule has 6 nitrogen and oxygen atoms in total. The minimum Gasteiger partial charge on any atom is -0.486 e. The van der Waals surface area contributed by atoms with Gasteiger partial charge < -0.3 is 14.0 Å². The Morgan fingerprint density at radius 2 is 2.00 bits per heavy atom. The van der Waals surface area contributed by atoms with Crippen LogP contribution in [-0.4, -0.2) is 35.3 Å². The summed E-state index contributed by atoms with van der Waals surface area (Å²) in [5.41, 5.74) is 0.447. The lowest BCUT2D eigenvalue weighted by molar-refractivity contribution is -0.117. The van der Waals surface area contributed by atoms with E-state index in [1.54, 1.807) is 29.9 Å². The first-order valence-electron chi connectivity index (χ1n) is 7.11. The third kappa shape index (κ3) is 3.68. The average Bonchev–Trinajstić information content (AvgIpc) is 2.99. The van der Waals surface area contributed by atoms with Crippen LogP contribution in [-0.2, 0) is 11.8 Å². The van der Waals surface area contributed by atoms with Crippen molar-refractivity contribution in [3.8, 4) is 11.5 Å². The minimum atomic E-state index is -0.398. The van der Waals surface area contributed by atoms with Crippen LogP contribution in [0.3, 0.4) is 0 Å². The molecule has 1 aliphatic heterocycles. The number of carbonyl (C=O) groups is 2. The van der Waals surface area contributed by atoms with Crippen LogP contribution in [0.2, 0.25) is 0 Å². The van der Waals surface area contributed by atoms with Crippen LogP contribution in [0.4, 0.5) is 0 Å². The number of hydrogen-bond donors (Lipinski definition) is 1. The van der Waals surface area contributed by atoms with E-state index in [2.05, 4.69) is 5.32 Å². The van der Waals surface area contributed by atoms with E-state index in [-0.39, 0.29) is 11.7 Å². The highest BCUT2D eigenvalue weighted by Crippen LogP contribution is 2.34. The monoisotopic (exact) mass is 332 g/mol. The summed E-state index contributed by atoms with van der Waals surface area (Å²) < 4.78 is 12.6. The Morgan fingerprint density at radius 3 is 2.74 bits per heavy atom. The van der Waals surface area contributed by atoms with E-state index in [0.717, 1.165) is 4.90 Å². The highest BCUT2D eigenvalue weighted by Gasteiger charge is 2.15. The lowest BCUT2D eigenvalue weighted by Gasteiger charge is -2.18. The van der Waals surface area contributed by atoms with Crippen LogP contribution in [0, 0.1) is 0 Å². The van der Waals surface area contributed by atoms with Crippen molar-refractivity contribution in [2.24, 2.45) is 7.05 Å². The maximum atomic E-state index is 11.9. The summed E-state index contributed by atoms with van der Waals surface area (Å²) in [6.07, 6.45) is 1.75. The van der Waals surface area contributed by atoms with Crippen LogP contribution in [0.1, 0.15) is 10.5 Å². The molecule has 1 aromatic carbocycles. The molecule has 7 heteroatoms. The molecule has 1 N–H and O–H groups in total. The molecule has 0 bridgehead atoms. The summed E-state index contributed by atoms with van der Waals surface area (Å²) in [6.45, 7) is 1.07. The maximum Gasteiger partial charge on any atom is 0.274 e. The highest BCUT2D eigenvalue weighted by atomic mass is 32.2. The fourth-order valence-electron chi connectivity index (χ4n) is 2.19. The summed E-state index contributed by atoms with van der Waals surface area (Å²) in [5, 5.41) is 2.38. The van der Waals surface area contributed by atoms with Crippen LogP contribution in [0.25, 0.3) is 0 Å². The molecule has 0 aliphatic carbocycles. The summed E-state index contributed by atoms with van der Waals surface area (Å²) >= 11 is 1.34. The lowest BCUT2D eigenvalue weighted by atomic mass is 10.3. The Labute approximate surface area is 137 Å². The van der Waals surface area contributed by atoms with Gasteiger partial charge in [-0.05, 0) is 30.3 Å². The molecule has 0 radical (unpaired) electrons. The molecule has 0 atom stereocenters. The summed E-state index contributed by atoms with van der Waals surface area (Å²) in [7, 11) is 1.75. The molecule has 1 aromatic heterocycles. The molecule has 2 heterocycles. The van der Waals surface area contributed by atoms with Crippen molar-refractivity contribution in [3.63, 3.8) is 0 Å². The smallest absolute Gasteiger partial charge is 0.274 e. The first-order valence-corrected chi connectivity index (χ1v) is 8.10. The van der Waals surface area contributed by atoms with E-state index in [4.69, 9.17) is 9.47 Å². The van der Waals surface area contributed by atoms with Crippen molar-refractivity contribution < 1.29 is 19.1 Å². The molecule has 0 saturated heterocycles. The van der Waals surface area contributed by atoms with Gasteiger partial charge in [0.15, 0.2) is 11.5 Å².